The number of carbonyl (C=O) groups excluding carboxylic acids is 1. The van der Waals surface area contributed by atoms with Crippen molar-refractivity contribution in [2.45, 2.75) is 18.4 Å². The van der Waals surface area contributed by atoms with E-state index in [9.17, 15) is 4.79 Å². The van der Waals surface area contributed by atoms with E-state index in [0.29, 0.717) is 5.56 Å². The Kier molecular flexibility index (Phi) is 3.15. The molecule has 1 amide bonds. The monoisotopic (exact) mass is 315 g/mol. The van der Waals surface area contributed by atoms with Crippen molar-refractivity contribution in [2.24, 2.45) is 0 Å². The Balaban J connectivity index is 1.83. The van der Waals surface area contributed by atoms with Gasteiger partial charge in [-0.1, -0.05) is 42.5 Å². The van der Waals surface area contributed by atoms with Crippen LogP contribution in [0.5, 0.6) is 0 Å². The van der Waals surface area contributed by atoms with Crippen LogP contribution in [-0.2, 0) is 5.54 Å². The molecule has 0 heterocycles. The summed E-state index contributed by atoms with van der Waals surface area (Å²) < 4.78 is 0.830. The van der Waals surface area contributed by atoms with Gasteiger partial charge in [0.1, 0.15) is 0 Å². The average Bonchev–Trinajstić information content (AvgIpc) is 3.21. The third kappa shape index (κ3) is 2.43. The average molecular weight is 316 g/mol. The third-order valence-corrected chi connectivity index (χ3v) is 4.24. The second-order valence-electron chi connectivity index (χ2n) is 4.88. The normalized spacial score (nSPS) is 15.8. The quantitative estimate of drug-likeness (QED) is 0.915. The Morgan fingerprint density at radius 3 is 2.26 bits per heavy atom. The van der Waals surface area contributed by atoms with Gasteiger partial charge in [0.2, 0.25) is 0 Å². The molecule has 2 nitrogen and oxygen atoms in total. The third-order valence-electron chi connectivity index (χ3n) is 3.55. The molecule has 3 heteroatoms. The van der Waals surface area contributed by atoms with Crippen molar-refractivity contribution in [3.05, 3.63) is 70.2 Å². The molecule has 0 aromatic heterocycles. The molecule has 3 rings (SSSR count). The number of benzene rings is 2. The molecule has 0 aliphatic heterocycles. The van der Waals surface area contributed by atoms with Crippen molar-refractivity contribution in [3.63, 3.8) is 0 Å². The zero-order chi connectivity index (χ0) is 13.3. The molecule has 2 aromatic rings. The van der Waals surface area contributed by atoms with Gasteiger partial charge in [-0.05, 0) is 46.5 Å². The second kappa shape index (κ2) is 4.82. The number of nitrogens with one attached hydrogen (secondary N) is 1. The van der Waals surface area contributed by atoms with Crippen LogP contribution < -0.4 is 5.32 Å². The molecule has 0 bridgehead atoms. The van der Waals surface area contributed by atoms with Gasteiger partial charge in [0.15, 0.2) is 0 Å². The Labute approximate surface area is 121 Å². The van der Waals surface area contributed by atoms with Gasteiger partial charge in [0.05, 0.1) is 11.1 Å². The number of rotatable bonds is 3. The lowest BCUT2D eigenvalue weighted by molar-refractivity contribution is 0.0930. The highest BCUT2D eigenvalue weighted by molar-refractivity contribution is 9.10. The van der Waals surface area contributed by atoms with E-state index in [0.717, 1.165) is 17.3 Å². The summed E-state index contributed by atoms with van der Waals surface area (Å²) in [6, 6.07) is 17.7. The lowest BCUT2D eigenvalue weighted by Crippen LogP contribution is -2.34. The van der Waals surface area contributed by atoms with E-state index in [-0.39, 0.29) is 11.4 Å². The van der Waals surface area contributed by atoms with Crippen molar-refractivity contribution >= 4 is 21.8 Å². The summed E-state index contributed by atoms with van der Waals surface area (Å²) in [5, 5.41) is 3.17. The minimum Gasteiger partial charge on any atom is -0.342 e. The number of amides is 1. The van der Waals surface area contributed by atoms with Gasteiger partial charge in [-0.15, -0.1) is 0 Å². The molecule has 1 fully saturated rings. The summed E-state index contributed by atoms with van der Waals surface area (Å²) >= 11 is 3.42. The van der Waals surface area contributed by atoms with Gasteiger partial charge >= 0.3 is 0 Å². The molecule has 19 heavy (non-hydrogen) atoms. The van der Waals surface area contributed by atoms with Crippen LogP contribution >= 0.6 is 15.9 Å². The SMILES string of the molecule is O=C(NC1(c2ccccc2)CC1)c1ccccc1Br. The number of hydrogen-bond donors (Lipinski definition) is 1. The minimum absolute atomic E-state index is 0.0196. The molecule has 0 atom stereocenters. The zero-order valence-electron chi connectivity index (χ0n) is 10.4. The van der Waals surface area contributed by atoms with Crippen LogP contribution in [0.25, 0.3) is 0 Å². The van der Waals surface area contributed by atoms with E-state index in [2.05, 4.69) is 33.4 Å². The van der Waals surface area contributed by atoms with Crippen LogP contribution in [0.15, 0.2) is 59.1 Å². The smallest absolute Gasteiger partial charge is 0.253 e. The highest BCUT2D eigenvalue weighted by Gasteiger charge is 2.45. The van der Waals surface area contributed by atoms with Gasteiger partial charge < -0.3 is 5.32 Å². The molecule has 1 aliphatic carbocycles. The first-order valence-corrected chi connectivity index (χ1v) is 7.13. The lowest BCUT2D eigenvalue weighted by atomic mass is 10.0. The molecule has 0 saturated heterocycles. The van der Waals surface area contributed by atoms with Gasteiger partial charge in [-0.3, -0.25) is 4.79 Å². The van der Waals surface area contributed by atoms with Crippen molar-refractivity contribution in [1.82, 2.24) is 5.32 Å². The molecule has 0 radical (unpaired) electrons. The summed E-state index contributed by atoms with van der Waals surface area (Å²) in [6.07, 6.45) is 2.01. The van der Waals surface area contributed by atoms with Crippen molar-refractivity contribution < 1.29 is 4.79 Å². The first-order chi connectivity index (χ1) is 9.21. The summed E-state index contributed by atoms with van der Waals surface area (Å²) in [7, 11) is 0. The van der Waals surface area contributed by atoms with Gasteiger partial charge in [0.25, 0.3) is 5.91 Å². The van der Waals surface area contributed by atoms with Gasteiger partial charge in [0, 0.05) is 4.47 Å². The van der Waals surface area contributed by atoms with E-state index in [1.807, 2.05) is 42.5 Å². The topological polar surface area (TPSA) is 29.1 Å². The Morgan fingerprint density at radius 1 is 1.00 bits per heavy atom. The highest BCUT2D eigenvalue weighted by Crippen LogP contribution is 2.45. The molecule has 1 saturated carbocycles. The Morgan fingerprint density at radius 2 is 1.63 bits per heavy atom. The molecular weight excluding hydrogens is 302 g/mol. The zero-order valence-corrected chi connectivity index (χ0v) is 12.0. The number of carbonyl (C=O) groups is 1. The largest absolute Gasteiger partial charge is 0.342 e. The second-order valence-corrected chi connectivity index (χ2v) is 5.74. The predicted molar refractivity (Wildman–Crippen MR) is 79.0 cm³/mol. The number of hydrogen-bond acceptors (Lipinski definition) is 1. The van der Waals surface area contributed by atoms with E-state index in [1.54, 1.807) is 0 Å². The van der Waals surface area contributed by atoms with Crippen LogP contribution in [0.4, 0.5) is 0 Å². The van der Waals surface area contributed by atoms with Crippen molar-refractivity contribution in [1.29, 1.82) is 0 Å². The van der Waals surface area contributed by atoms with Crippen LogP contribution in [0.3, 0.4) is 0 Å². The van der Waals surface area contributed by atoms with E-state index in [1.165, 1.54) is 5.56 Å². The predicted octanol–water partition coefficient (Wildman–Crippen LogP) is 3.87. The summed E-state index contributed by atoms with van der Waals surface area (Å²) in [4.78, 5) is 12.4. The standard InChI is InChI=1S/C16H14BrNO/c17-14-9-5-4-8-13(14)15(19)18-16(10-11-16)12-6-2-1-3-7-12/h1-9H,10-11H2,(H,18,19). The van der Waals surface area contributed by atoms with Crippen LogP contribution in [0, 0.1) is 0 Å². The van der Waals surface area contributed by atoms with Crippen LogP contribution in [0.1, 0.15) is 28.8 Å². The summed E-state index contributed by atoms with van der Waals surface area (Å²) in [5.41, 5.74) is 1.72. The fraction of sp³-hybridized carbons (Fsp3) is 0.188. The fourth-order valence-electron chi connectivity index (χ4n) is 2.30. The van der Waals surface area contributed by atoms with E-state index < -0.39 is 0 Å². The van der Waals surface area contributed by atoms with Gasteiger partial charge in [-0.25, -0.2) is 0 Å². The molecule has 96 valence electrons. The fourth-order valence-corrected chi connectivity index (χ4v) is 2.76. The van der Waals surface area contributed by atoms with E-state index >= 15 is 0 Å². The minimum atomic E-state index is -0.159. The molecule has 2 aromatic carbocycles. The van der Waals surface area contributed by atoms with Crippen LogP contribution in [-0.4, -0.2) is 5.91 Å². The summed E-state index contributed by atoms with van der Waals surface area (Å²) in [5.74, 6) is -0.0196. The van der Waals surface area contributed by atoms with Crippen LogP contribution in [0.2, 0.25) is 0 Å². The Bertz CT molecular complexity index is 605. The Hall–Kier alpha value is -1.61. The lowest BCUT2D eigenvalue weighted by Gasteiger charge is -2.18. The summed E-state index contributed by atoms with van der Waals surface area (Å²) in [6.45, 7) is 0. The number of halogens is 1. The highest BCUT2D eigenvalue weighted by atomic mass is 79.9. The van der Waals surface area contributed by atoms with E-state index in [4.69, 9.17) is 0 Å². The first-order valence-electron chi connectivity index (χ1n) is 6.34. The molecule has 0 unspecified atom stereocenters. The van der Waals surface area contributed by atoms with Gasteiger partial charge in [-0.2, -0.15) is 0 Å². The van der Waals surface area contributed by atoms with Crippen molar-refractivity contribution in [3.8, 4) is 0 Å². The molecule has 1 N–H and O–H groups in total. The maximum Gasteiger partial charge on any atom is 0.253 e. The maximum atomic E-state index is 12.4. The van der Waals surface area contributed by atoms with Crippen molar-refractivity contribution in [2.75, 3.05) is 0 Å². The maximum absolute atomic E-state index is 12.4. The first kappa shape index (κ1) is 12.4. The molecular formula is C16H14BrNO. The molecule has 1 aliphatic rings. The molecule has 0 spiro atoms.